The summed E-state index contributed by atoms with van der Waals surface area (Å²) in [5.74, 6) is 1.37. The number of hydrogen-bond acceptors (Lipinski definition) is 3. The molecule has 2 unspecified atom stereocenters. The summed E-state index contributed by atoms with van der Waals surface area (Å²) in [4.78, 5) is 9.55. The molecule has 5 nitrogen and oxygen atoms in total. The molecule has 0 saturated carbocycles. The van der Waals surface area contributed by atoms with Crippen molar-refractivity contribution < 1.29 is 0 Å². The second-order valence-corrected chi connectivity index (χ2v) is 7.14. The average Bonchev–Trinajstić information content (AvgIpc) is 2.63. The van der Waals surface area contributed by atoms with Gasteiger partial charge in [-0.2, -0.15) is 0 Å². The summed E-state index contributed by atoms with van der Waals surface area (Å²) in [6.45, 7) is 12.3. The number of piperazine rings is 3. The van der Waals surface area contributed by atoms with E-state index in [-0.39, 0.29) is 24.0 Å². The normalized spacial score (nSPS) is 26.7. The molecule has 0 radical (unpaired) electrons. The Kier molecular flexibility index (Phi) is 7.96. The molecule has 2 N–H and O–H groups in total. The van der Waals surface area contributed by atoms with Crippen LogP contribution in [0.2, 0.25) is 0 Å². The number of benzene rings is 1. The predicted octanol–water partition coefficient (Wildman–Crippen LogP) is 1.88. The van der Waals surface area contributed by atoms with Gasteiger partial charge in [0.25, 0.3) is 0 Å². The zero-order valence-electron chi connectivity index (χ0n) is 15.7. The Hall–Kier alpha value is -0.860. The maximum atomic E-state index is 4.38. The largest absolute Gasteiger partial charge is 0.356 e. The lowest BCUT2D eigenvalue weighted by molar-refractivity contribution is 0.0154. The summed E-state index contributed by atoms with van der Waals surface area (Å²) in [7, 11) is 1.85. The number of hydrogen-bond donors (Lipinski definition) is 2. The van der Waals surface area contributed by atoms with E-state index >= 15 is 0 Å². The van der Waals surface area contributed by atoms with Crippen LogP contribution in [0.25, 0.3) is 0 Å². The summed E-state index contributed by atoms with van der Waals surface area (Å²) < 4.78 is 0. The van der Waals surface area contributed by atoms with E-state index in [0.29, 0.717) is 12.0 Å². The number of rotatable bonds is 5. The van der Waals surface area contributed by atoms with Crippen LogP contribution >= 0.6 is 24.0 Å². The molecule has 1 aromatic rings. The van der Waals surface area contributed by atoms with Crippen LogP contribution in [0.15, 0.2) is 29.3 Å². The third-order valence-corrected chi connectivity index (χ3v) is 5.34. The second-order valence-electron chi connectivity index (χ2n) is 7.14. The second kappa shape index (κ2) is 9.73. The van der Waals surface area contributed by atoms with Gasteiger partial charge in [-0.1, -0.05) is 36.8 Å². The minimum Gasteiger partial charge on any atom is -0.356 e. The first-order chi connectivity index (χ1) is 11.7. The smallest absolute Gasteiger partial charge is 0.191 e. The van der Waals surface area contributed by atoms with Crippen LogP contribution in [-0.4, -0.2) is 74.7 Å². The summed E-state index contributed by atoms with van der Waals surface area (Å²) in [5.41, 5.74) is 2.68. The van der Waals surface area contributed by atoms with Gasteiger partial charge in [-0.3, -0.25) is 14.8 Å². The maximum absolute atomic E-state index is 4.38. The van der Waals surface area contributed by atoms with Gasteiger partial charge < -0.3 is 10.6 Å². The van der Waals surface area contributed by atoms with E-state index in [1.807, 2.05) is 7.05 Å². The lowest BCUT2D eigenvalue weighted by Gasteiger charge is -2.47. The molecule has 4 rings (SSSR count). The van der Waals surface area contributed by atoms with Crippen molar-refractivity contribution in [1.82, 2.24) is 20.4 Å². The van der Waals surface area contributed by atoms with Crippen LogP contribution in [0.3, 0.4) is 0 Å². The third kappa shape index (κ3) is 5.56. The number of aliphatic imine (C=N–C) groups is 1. The van der Waals surface area contributed by atoms with Gasteiger partial charge in [-0.15, -0.1) is 24.0 Å². The number of nitrogens with zero attached hydrogens (tertiary/aromatic N) is 3. The summed E-state index contributed by atoms with van der Waals surface area (Å²) >= 11 is 0. The molecule has 0 aromatic heterocycles. The standard InChI is InChI=1S/C19H31N5.HI/c1-15-4-6-17(7-5-15)16(2)12-21-19(20-3)22-13-18-14-23-8-10-24(18)11-9-23;/h4-7,16,18H,8-14H2,1-3H3,(H2,20,21,22);1H. The topological polar surface area (TPSA) is 42.9 Å². The minimum atomic E-state index is 0. The highest BCUT2D eigenvalue weighted by Crippen LogP contribution is 2.15. The van der Waals surface area contributed by atoms with E-state index in [1.54, 1.807) is 0 Å². The van der Waals surface area contributed by atoms with Gasteiger partial charge in [0.05, 0.1) is 0 Å². The molecule has 0 amide bonds. The number of fused-ring (bicyclic) bond motifs is 3. The molecule has 3 heterocycles. The van der Waals surface area contributed by atoms with Crippen molar-refractivity contribution in [3.8, 4) is 0 Å². The van der Waals surface area contributed by atoms with Crippen molar-refractivity contribution in [3.63, 3.8) is 0 Å². The Morgan fingerprint density at radius 1 is 1.16 bits per heavy atom. The SMILES string of the molecule is CN=C(NCC(C)c1ccc(C)cc1)NCC1CN2CCN1CC2.I. The van der Waals surface area contributed by atoms with Crippen molar-refractivity contribution in [3.05, 3.63) is 35.4 Å². The Balaban J connectivity index is 0.00000225. The van der Waals surface area contributed by atoms with Crippen molar-refractivity contribution >= 4 is 29.9 Å². The zero-order chi connectivity index (χ0) is 16.9. The fraction of sp³-hybridized carbons (Fsp3) is 0.632. The lowest BCUT2D eigenvalue weighted by atomic mass is 10.0. The van der Waals surface area contributed by atoms with Crippen LogP contribution < -0.4 is 10.6 Å². The van der Waals surface area contributed by atoms with E-state index in [0.717, 1.165) is 19.0 Å². The van der Waals surface area contributed by atoms with Gasteiger partial charge in [0.2, 0.25) is 0 Å². The maximum Gasteiger partial charge on any atom is 0.191 e. The van der Waals surface area contributed by atoms with Gasteiger partial charge in [0.1, 0.15) is 0 Å². The highest BCUT2D eigenvalue weighted by Gasteiger charge is 2.31. The first-order valence-electron chi connectivity index (χ1n) is 9.13. The highest BCUT2D eigenvalue weighted by molar-refractivity contribution is 14.0. The lowest BCUT2D eigenvalue weighted by Crippen LogP contribution is -2.63. The quantitative estimate of drug-likeness (QED) is 0.403. The van der Waals surface area contributed by atoms with Gasteiger partial charge >= 0.3 is 0 Å². The molecule has 0 aliphatic carbocycles. The van der Waals surface area contributed by atoms with Crippen LogP contribution in [0, 0.1) is 6.92 Å². The van der Waals surface area contributed by atoms with Gasteiger partial charge in [-0.05, 0) is 18.4 Å². The molecule has 3 saturated heterocycles. The van der Waals surface area contributed by atoms with E-state index in [1.165, 1.54) is 43.9 Å². The molecule has 25 heavy (non-hydrogen) atoms. The van der Waals surface area contributed by atoms with Crippen molar-refractivity contribution in [2.75, 3.05) is 52.9 Å². The molecule has 6 heteroatoms. The monoisotopic (exact) mass is 457 g/mol. The number of aryl methyl sites for hydroxylation is 1. The number of nitrogens with one attached hydrogen (secondary N) is 2. The van der Waals surface area contributed by atoms with Crippen molar-refractivity contribution in [1.29, 1.82) is 0 Å². The van der Waals surface area contributed by atoms with Crippen LogP contribution in [0.4, 0.5) is 0 Å². The molecule has 0 spiro atoms. The Morgan fingerprint density at radius 2 is 1.84 bits per heavy atom. The summed E-state index contributed by atoms with van der Waals surface area (Å²) in [6, 6.07) is 9.42. The van der Waals surface area contributed by atoms with Crippen molar-refractivity contribution in [2.45, 2.75) is 25.8 Å². The highest BCUT2D eigenvalue weighted by atomic mass is 127. The molecule has 3 aliphatic heterocycles. The minimum absolute atomic E-state index is 0. The Bertz CT molecular complexity index is 551. The van der Waals surface area contributed by atoms with Gasteiger partial charge in [-0.25, -0.2) is 0 Å². The number of guanidine groups is 1. The molecule has 3 fully saturated rings. The number of halogens is 1. The van der Waals surface area contributed by atoms with Crippen molar-refractivity contribution in [2.24, 2.45) is 4.99 Å². The predicted molar refractivity (Wildman–Crippen MR) is 116 cm³/mol. The molecular formula is C19H32IN5. The van der Waals surface area contributed by atoms with E-state index in [2.05, 4.69) is 63.5 Å². The first kappa shape index (κ1) is 20.5. The Morgan fingerprint density at radius 3 is 2.40 bits per heavy atom. The average molecular weight is 457 g/mol. The van der Waals surface area contributed by atoms with Crippen LogP contribution in [0.5, 0.6) is 0 Å². The molecule has 2 atom stereocenters. The first-order valence-corrected chi connectivity index (χ1v) is 9.13. The Labute approximate surface area is 169 Å². The van der Waals surface area contributed by atoms with E-state index in [9.17, 15) is 0 Å². The third-order valence-electron chi connectivity index (χ3n) is 5.34. The fourth-order valence-electron chi connectivity index (χ4n) is 3.62. The van der Waals surface area contributed by atoms with Gasteiger partial charge in [0.15, 0.2) is 5.96 Å². The van der Waals surface area contributed by atoms with E-state index in [4.69, 9.17) is 0 Å². The zero-order valence-corrected chi connectivity index (χ0v) is 18.0. The fourth-order valence-corrected chi connectivity index (χ4v) is 3.62. The van der Waals surface area contributed by atoms with E-state index < -0.39 is 0 Å². The summed E-state index contributed by atoms with van der Waals surface area (Å²) in [5, 5.41) is 6.98. The molecule has 1 aromatic carbocycles. The van der Waals surface area contributed by atoms with Crippen LogP contribution in [0.1, 0.15) is 24.0 Å². The van der Waals surface area contributed by atoms with Crippen LogP contribution in [-0.2, 0) is 0 Å². The molecule has 140 valence electrons. The molecular weight excluding hydrogens is 425 g/mol. The summed E-state index contributed by atoms with van der Waals surface area (Å²) in [6.07, 6.45) is 0. The molecule has 2 bridgehead atoms. The van der Waals surface area contributed by atoms with Gasteiger partial charge in [0, 0.05) is 58.9 Å². The molecule has 3 aliphatic rings.